The Morgan fingerprint density at radius 3 is 2.22 bits per heavy atom. The number of benzene rings is 1. The van der Waals surface area contributed by atoms with E-state index in [4.69, 9.17) is 14.8 Å². The third-order valence-electron chi connectivity index (χ3n) is 2.93. The number of ether oxygens (including phenoxy) is 2. The maximum atomic E-state index is 11.9. The Hall–Kier alpha value is -2.06. The van der Waals surface area contributed by atoms with Crippen molar-refractivity contribution in [2.45, 2.75) is 38.8 Å². The van der Waals surface area contributed by atoms with Crippen molar-refractivity contribution in [3.05, 3.63) is 29.8 Å². The molecule has 23 heavy (non-hydrogen) atoms. The average Bonchev–Trinajstić information content (AvgIpc) is 2.44. The van der Waals surface area contributed by atoms with Crippen molar-refractivity contribution in [1.82, 2.24) is 5.32 Å². The molecule has 0 aromatic heterocycles. The molecule has 8 heteroatoms. The van der Waals surface area contributed by atoms with E-state index in [2.05, 4.69) is 10.1 Å². The van der Waals surface area contributed by atoms with Gasteiger partial charge in [-0.25, -0.2) is 4.79 Å². The van der Waals surface area contributed by atoms with E-state index in [1.807, 2.05) is 0 Å². The third kappa shape index (κ3) is 6.71. The van der Waals surface area contributed by atoms with Gasteiger partial charge in [-0.1, -0.05) is 24.3 Å². The van der Waals surface area contributed by atoms with Crippen LogP contribution in [0.15, 0.2) is 24.3 Å². The Bertz CT molecular complexity index is 538. The quantitative estimate of drug-likeness (QED) is 0.538. The van der Waals surface area contributed by atoms with Gasteiger partial charge in [-0.05, 0) is 31.8 Å². The van der Waals surface area contributed by atoms with E-state index in [-0.39, 0.29) is 6.42 Å². The summed E-state index contributed by atoms with van der Waals surface area (Å²) in [7, 11) is -0.320. The van der Waals surface area contributed by atoms with Crippen molar-refractivity contribution in [2.75, 3.05) is 7.11 Å². The molecule has 0 bridgehead atoms. The fourth-order valence-corrected chi connectivity index (χ4v) is 1.85. The smallest absolute Gasteiger partial charge is 0.469 e. The van der Waals surface area contributed by atoms with Crippen LogP contribution >= 0.6 is 0 Å². The fraction of sp³-hybridized carbons (Fsp3) is 0.467. The molecule has 0 fully saturated rings. The first-order chi connectivity index (χ1) is 10.6. The van der Waals surface area contributed by atoms with E-state index in [0.717, 1.165) is 0 Å². The Morgan fingerprint density at radius 2 is 1.78 bits per heavy atom. The van der Waals surface area contributed by atoms with Crippen molar-refractivity contribution in [2.24, 2.45) is 0 Å². The Kier molecular flexibility index (Phi) is 6.59. The molecule has 1 amide bonds. The molecule has 0 aliphatic heterocycles. The van der Waals surface area contributed by atoms with Gasteiger partial charge in [0, 0.05) is 0 Å². The molecule has 0 saturated carbocycles. The number of alkyl carbamates (subject to hydrolysis) is 1. The third-order valence-corrected chi connectivity index (χ3v) is 2.93. The van der Waals surface area contributed by atoms with Crippen LogP contribution in [0, 0.1) is 0 Å². The number of carbonyl (C=O) groups excluding carboxylic acids is 2. The van der Waals surface area contributed by atoms with Crippen LogP contribution in [0.1, 0.15) is 38.8 Å². The van der Waals surface area contributed by atoms with Gasteiger partial charge in [0.25, 0.3) is 0 Å². The van der Waals surface area contributed by atoms with Crippen LogP contribution in [-0.2, 0) is 14.3 Å². The van der Waals surface area contributed by atoms with Crippen LogP contribution in [0.3, 0.4) is 0 Å². The lowest BCUT2D eigenvalue weighted by Gasteiger charge is -2.23. The molecule has 7 nitrogen and oxygen atoms in total. The van der Waals surface area contributed by atoms with Gasteiger partial charge in [-0.15, -0.1) is 0 Å². The van der Waals surface area contributed by atoms with Crippen LogP contribution in [-0.4, -0.2) is 41.9 Å². The molecule has 1 aromatic rings. The monoisotopic (exact) mass is 323 g/mol. The van der Waals surface area contributed by atoms with Crippen molar-refractivity contribution in [1.29, 1.82) is 0 Å². The fourth-order valence-electron chi connectivity index (χ4n) is 1.85. The van der Waals surface area contributed by atoms with E-state index >= 15 is 0 Å². The van der Waals surface area contributed by atoms with Gasteiger partial charge in [-0.2, -0.15) is 0 Å². The van der Waals surface area contributed by atoms with Crippen LogP contribution < -0.4 is 10.8 Å². The minimum atomic E-state index is -1.58. The van der Waals surface area contributed by atoms with E-state index in [0.29, 0.717) is 11.0 Å². The summed E-state index contributed by atoms with van der Waals surface area (Å²) >= 11 is 0. The lowest BCUT2D eigenvalue weighted by Crippen LogP contribution is -2.36. The van der Waals surface area contributed by atoms with E-state index in [1.165, 1.54) is 19.2 Å². The van der Waals surface area contributed by atoms with Gasteiger partial charge in [0.1, 0.15) is 5.60 Å². The highest BCUT2D eigenvalue weighted by atomic mass is 16.6. The molecule has 1 atom stereocenters. The number of hydrogen-bond acceptors (Lipinski definition) is 6. The highest BCUT2D eigenvalue weighted by molar-refractivity contribution is 6.58. The van der Waals surface area contributed by atoms with Crippen LogP contribution in [0.25, 0.3) is 0 Å². The Morgan fingerprint density at radius 1 is 1.22 bits per heavy atom. The molecular formula is C15H22BNO6. The van der Waals surface area contributed by atoms with Crippen molar-refractivity contribution >= 4 is 24.6 Å². The molecule has 0 aliphatic rings. The number of rotatable bonds is 5. The normalized spacial score (nSPS) is 12.3. The van der Waals surface area contributed by atoms with Gasteiger partial charge >= 0.3 is 19.2 Å². The average molecular weight is 323 g/mol. The van der Waals surface area contributed by atoms with Gasteiger partial charge in [-0.3, -0.25) is 4.79 Å². The lowest BCUT2D eigenvalue weighted by atomic mass is 9.79. The minimum absolute atomic E-state index is 0.0727. The second kappa shape index (κ2) is 7.98. The summed E-state index contributed by atoms with van der Waals surface area (Å²) < 4.78 is 9.82. The maximum Gasteiger partial charge on any atom is 0.488 e. The first-order valence-corrected chi connectivity index (χ1v) is 7.14. The number of carbonyl (C=O) groups is 2. The van der Waals surface area contributed by atoms with Crippen molar-refractivity contribution in [3.8, 4) is 0 Å². The van der Waals surface area contributed by atoms with E-state index in [1.54, 1.807) is 32.9 Å². The first kappa shape index (κ1) is 19.0. The summed E-state index contributed by atoms with van der Waals surface area (Å²) in [4.78, 5) is 23.5. The molecule has 1 unspecified atom stereocenters. The molecule has 126 valence electrons. The molecule has 0 radical (unpaired) electrons. The topological polar surface area (TPSA) is 105 Å². The highest BCUT2D eigenvalue weighted by Gasteiger charge is 2.23. The SMILES string of the molecule is COC(=O)CC(NC(=O)OC(C)(C)C)c1ccc(B(O)O)cc1. The second-order valence-electron chi connectivity index (χ2n) is 6.02. The molecule has 0 saturated heterocycles. The van der Waals surface area contributed by atoms with Crippen LogP contribution in [0.2, 0.25) is 0 Å². The molecule has 1 rings (SSSR count). The van der Waals surface area contributed by atoms with Gasteiger partial charge < -0.3 is 24.8 Å². The van der Waals surface area contributed by atoms with E-state index < -0.39 is 30.8 Å². The number of methoxy groups -OCH3 is 1. The molecule has 0 heterocycles. The van der Waals surface area contributed by atoms with Gasteiger partial charge in [0.05, 0.1) is 19.6 Å². The predicted octanol–water partition coefficient (Wildman–Crippen LogP) is 0.495. The summed E-state index contributed by atoms with van der Waals surface area (Å²) in [6.45, 7) is 5.21. The zero-order chi connectivity index (χ0) is 17.6. The molecule has 1 aromatic carbocycles. The molecule has 0 aliphatic carbocycles. The first-order valence-electron chi connectivity index (χ1n) is 7.14. The van der Waals surface area contributed by atoms with Crippen molar-refractivity contribution in [3.63, 3.8) is 0 Å². The van der Waals surface area contributed by atoms with Crippen LogP contribution in [0.5, 0.6) is 0 Å². The number of esters is 1. The number of hydrogen-bond donors (Lipinski definition) is 3. The van der Waals surface area contributed by atoms with Gasteiger partial charge in [0.2, 0.25) is 0 Å². The minimum Gasteiger partial charge on any atom is -0.469 e. The summed E-state index contributed by atoms with van der Waals surface area (Å²) in [6.07, 6.45) is -0.728. The Balaban J connectivity index is 2.91. The number of amides is 1. The van der Waals surface area contributed by atoms with E-state index in [9.17, 15) is 9.59 Å². The van der Waals surface area contributed by atoms with Crippen molar-refractivity contribution < 1.29 is 29.1 Å². The second-order valence-corrected chi connectivity index (χ2v) is 6.02. The largest absolute Gasteiger partial charge is 0.488 e. The molecule has 0 spiro atoms. The zero-order valence-corrected chi connectivity index (χ0v) is 13.7. The van der Waals surface area contributed by atoms with Crippen LogP contribution in [0.4, 0.5) is 4.79 Å². The Labute approximate surface area is 135 Å². The summed E-state index contributed by atoms with van der Waals surface area (Å²) in [6, 6.07) is 5.55. The molecule has 3 N–H and O–H groups in total. The molecular weight excluding hydrogens is 301 g/mol. The zero-order valence-electron chi connectivity index (χ0n) is 13.7. The maximum absolute atomic E-state index is 11.9. The predicted molar refractivity (Wildman–Crippen MR) is 85.0 cm³/mol. The highest BCUT2D eigenvalue weighted by Crippen LogP contribution is 2.18. The summed E-state index contributed by atoms with van der Waals surface area (Å²) in [5.74, 6) is -0.489. The summed E-state index contributed by atoms with van der Waals surface area (Å²) in [5.41, 5.74) is 0.263. The number of nitrogens with one attached hydrogen (secondary N) is 1. The summed E-state index contributed by atoms with van der Waals surface area (Å²) in [5, 5.41) is 20.8. The lowest BCUT2D eigenvalue weighted by molar-refractivity contribution is -0.141. The van der Waals surface area contributed by atoms with Gasteiger partial charge in [0.15, 0.2) is 0 Å². The standard InChI is InChI=1S/C15H22BNO6/c1-15(2,3)23-14(19)17-12(9-13(18)22-4)10-5-7-11(8-6-10)16(20)21/h5-8,12,20-21H,9H2,1-4H3,(H,17,19).